The molecule has 110 valence electrons. The van der Waals surface area contributed by atoms with Crippen molar-refractivity contribution in [3.05, 3.63) is 42.0 Å². The second-order valence-electron chi connectivity index (χ2n) is 4.35. The molecule has 6 heteroatoms. The SMILES string of the molecule is C=C[C@H](c1cc(C#N)ccc1O)N1CCNCC1.Cl.Cl. The van der Waals surface area contributed by atoms with Gasteiger partial charge >= 0.3 is 0 Å². The van der Waals surface area contributed by atoms with Crippen molar-refractivity contribution in [1.82, 2.24) is 10.2 Å². The maximum Gasteiger partial charge on any atom is 0.120 e. The quantitative estimate of drug-likeness (QED) is 0.840. The topological polar surface area (TPSA) is 59.3 Å². The molecule has 20 heavy (non-hydrogen) atoms. The minimum absolute atomic E-state index is 0. The molecule has 0 saturated carbocycles. The van der Waals surface area contributed by atoms with Crippen LogP contribution in [0.25, 0.3) is 0 Å². The molecule has 1 fully saturated rings. The molecule has 0 spiro atoms. The lowest BCUT2D eigenvalue weighted by molar-refractivity contribution is 0.201. The standard InChI is InChI=1S/C14H17N3O.2ClH/c1-2-13(17-7-5-16-6-8-17)12-9-11(10-15)3-4-14(12)18;;/h2-4,9,13,16,18H,1,5-8H2;2*1H/t13-;;/m1../s1. The number of rotatable bonds is 3. The first-order valence-electron chi connectivity index (χ1n) is 6.06. The Bertz CT molecular complexity index is 482. The van der Waals surface area contributed by atoms with Crippen LogP contribution in [-0.4, -0.2) is 36.2 Å². The van der Waals surface area contributed by atoms with Crippen molar-refractivity contribution in [2.75, 3.05) is 26.2 Å². The molecule has 0 bridgehead atoms. The highest BCUT2D eigenvalue weighted by Crippen LogP contribution is 2.30. The van der Waals surface area contributed by atoms with E-state index in [0.29, 0.717) is 5.56 Å². The van der Waals surface area contributed by atoms with Gasteiger partial charge in [-0.25, -0.2) is 0 Å². The molecule has 4 nitrogen and oxygen atoms in total. The molecule has 0 aromatic heterocycles. The molecule has 0 unspecified atom stereocenters. The van der Waals surface area contributed by atoms with Gasteiger partial charge in [0, 0.05) is 31.7 Å². The summed E-state index contributed by atoms with van der Waals surface area (Å²) in [5.74, 6) is 0.220. The Labute approximate surface area is 131 Å². The first-order chi connectivity index (χ1) is 8.76. The summed E-state index contributed by atoms with van der Waals surface area (Å²) in [5, 5.41) is 22.2. The first-order valence-corrected chi connectivity index (χ1v) is 6.06. The maximum atomic E-state index is 9.96. The third kappa shape index (κ3) is 4.12. The van der Waals surface area contributed by atoms with Crippen molar-refractivity contribution >= 4 is 24.8 Å². The van der Waals surface area contributed by atoms with Crippen LogP contribution in [0.5, 0.6) is 5.75 Å². The Hall–Kier alpha value is -1.25. The van der Waals surface area contributed by atoms with Gasteiger partial charge in [-0.2, -0.15) is 5.26 Å². The molecular weight excluding hydrogens is 297 g/mol. The van der Waals surface area contributed by atoms with Gasteiger partial charge in [0.15, 0.2) is 0 Å². The molecule has 2 rings (SSSR count). The first kappa shape index (κ1) is 18.8. The van der Waals surface area contributed by atoms with Gasteiger partial charge < -0.3 is 10.4 Å². The van der Waals surface area contributed by atoms with Crippen LogP contribution in [0.4, 0.5) is 0 Å². The van der Waals surface area contributed by atoms with Crippen molar-refractivity contribution in [2.45, 2.75) is 6.04 Å². The van der Waals surface area contributed by atoms with Crippen LogP contribution in [0.15, 0.2) is 30.9 Å². The van der Waals surface area contributed by atoms with Crippen LogP contribution < -0.4 is 5.32 Å². The average molecular weight is 316 g/mol. The predicted octanol–water partition coefficient (Wildman–Crippen LogP) is 2.24. The summed E-state index contributed by atoms with van der Waals surface area (Å²) in [5.41, 5.74) is 1.32. The molecule has 1 saturated heterocycles. The van der Waals surface area contributed by atoms with Gasteiger partial charge in [0.05, 0.1) is 17.7 Å². The van der Waals surface area contributed by atoms with Crippen LogP contribution in [0.2, 0.25) is 0 Å². The minimum atomic E-state index is -0.0413. The molecule has 1 aliphatic heterocycles. The Kier molecular flexibility index (Phi) is 8.28. The third-order valence-corrected chi connectivity index (χ3v) is 3.24. The van der Waals surface area contributed by atoms with Crippen molar-refractivity contribution in [1.29, 1.82) is 5.26 Å². The molecule has 0 aliphatic carbocycles. The molecular formula is C14H19Cl2N3O. The van der Waals surface area contributed by atoms with E-state index < -0.39 is 0 Å². The maximum absolute atomic E-state index is 9.96. The van der Waals surface area contributed by atoms with E-state index >= 15 is 0 Å². The van der Waals surface area contributed by atoms with Crippen LogP contribution in [0, 0.1) is 11.3 Å². The van der Waals surface area contributed by atoms with E-state index in [1.165, 1.54) is 0 Å². The van der Waals surface area contributed by atoms with Crippen LogP contribution in [0.3, 0.4) is 0 Å². The molecule has 0 amide bonds. The second kappa shape index (κ2) is 8.83. The lowest BCUT2D eigenvalue weighted by atomic mass is 10.0. The number of nitrogens with zero attached hydrogens (tertiary/aromatic N) is 2. The van der Waals surface area contributed by atoms with Crippen LogP contribution in [-0.2, 0) is 0 Å². The molecule has 1 heterocycles. The van der Waals surface area contributed by atoms with Crippen molar-refractivity contribution in [2.24, 2.45) is 0 Å². The van der Waals surface area contributed by atoms with Gasteiger partial charge in [-0.15, -0.1) is 31.4 Å². The monoisotopic (exact) mass is 315 g/mol. The van der Waals surface area contributed by atoms with Gasteiger partial charge in [0.1, 0.15) is 5.75 Å². The zero-order valence-electron chi connectivity index (χ0n) is 11.1. The van der Waals surface area contributed by atoms with Gasteiger partial charge in [0.25, 0.3) is 0 Å². The summed E-state index contributed by atoms with van der Waals surface area (Å²) in [6, 6.07) is 7.00. The number of nitriles is 1. The highest BCUT2D eigenvalue weighted by atomic mass is 35.5. The number of aromatic hydroxyl groups is 1. The zero-order chi connectivity index (χ0) is 13.0. The van der Waals surface area contributed by atoms with Crippen LogP contribution in [0.1, 0.15) is 17.2 Å². The third-order valence-electron chi connectivity index (χ3n) is 3.24. The summed E-state index contributed by atoms with van der Waals surface area (Å²) in [7, 11) is 0. The van der Waals surface area contributed by atoms with E-state index in [9.17, 15) is 5.11 Å². The van der Waals surface area contributed by atoms with Crippen LogP contribution >= 0.6 is 24.8 Å². The number of hydrogen-bond acceptors (Lipinski definition) is 4. The summed E-state index contributed by atoms with van der Waals surface area (Å²) < 4.78 is 0. The fraction of sp³-hybridized carbons (Fsp3) is 0.357. The Morgan fingerprint density at radius 2 is 2.00 bits per heavy atom. The Balaban J connectivity index is 0.00000180. The average Bonchev–Trinajstić information content (AvgIpc) is 2.43. The number of phenolic OH excluding ortho intramolecular Hbond substituents is 1. The lowest BCUT2D eigenvalue weighted by Gasteiger charge is -2.33. The summed E-state index contributed by atoms with van der Waals surface area (Å²) in [6.07, 6.45) is 1.82. The molecule has 1 aliphatic rings. The molecule has 2 N–H and O–H groups in total. The van der Waals surface area contributed by atoms with E-state index in [1.807, 2.05) is 6.08 Å². The number of benzene rings is 1. The number of phenols is 1. The fourth-order valence-corrected chi connectivity index (χ4v) is 2.29. The molecule has 1 aromatic rings. The number of nitrogens with one attached hydrogen (secondary N) is 1. The smallest absolute Gasteiger partial charge is 0.120 e. The summed E-state index contributed by atoms with van der Waals surface area (Å²) in [4.78, 5) is 2.25. The second-order valence-corrected chi connectivity index (χ2v) is 4.35. The van der Waals surface area contributed by atoms with Gasteiger partial charge in [-0.3, -0.25) is 4.90 Å². The highest BCUT2D eigenvalue weighted by Gasteiger charge is 2.22. The van der Waals surface area contributed by atoms with Crippen molar-refractivity contribution in [3.63, 3.8) is 0 Å². The van der Waals surface area contributed by atoms with E-state index in [0.717, 1.165) is 31.7 Å². The minimum Gasteiger partial charge on any atom is -0.508 e. The number of hydrogen-bond donors (Lipinski definition) is 2. The largest absolute Gasteiger partial charge is 0.508 e. The summed E-state index contributed by atoms with van der Waals surface area (Å²) in [6.45, 7) is 7.54. The Morgan fingerprint density at radius 1 is 1.35 bits per heavy atom. The molecule has 1 atom stereocenters. The van der Waals surface area contributed by atoms with Gasteiger partial charge in [-0.05, 0) is 18.2 Å². The van der Waals surface area contributed by atoms with Crippen molar-refractivity contribution < 1.29 is 5.11 Å². The fourth-order valence-electron chi connectivity index (χ4n) is 2.29. The number of halogens is 2. The normalized spacial score (nSPS) is 16.1. The summed E-state index contributed by atoms with van der Waals surface area (Å²) >= 11 is 0. The highest BCUT2D eigenvalue weighted by molar-refractivity contribution is 5.85. The van der Waals surface area contributed by atoms with Gasteiger partial charge in [-0.1, -0.05) is 6.08 Å². The van der Waals surface area contributed by atoms with Crippen molar-refractivity contribution in [3.8, 4) is 11.8 Å². The van der Waals surface area contributed by atoms with E-state index in [4.69, 9.17) is 5.26 Å². The number of piperazine rings is 1. The molecule has 1 aromatic carbocycles. The lowest BCUT2D eigenvalue weighted by Crippen LogP contribution is -2.44. The molecule has 0 radical (unpaired) electrons. The van der Waals surface area contributed by atoms with E-state index in [1.54, 1.807) is 18.2 Å². The predicted molar refractivity (Wildman–Crippen MR) is 84.7 cm³/mol. The Morgan fingerprint density at radius 3 is 2.55 bits per heavy atom. The van der Waals surface area contributed by atoms with E-state index in [-0.39, 0.29) is 36.6 Å². The van der Waals surface area contributed by atoms with E-state index in [2.05, 4.69) is 22.9 Å². The zero-order valence-corrected chi connectivity index (χ0v) is 12.7. The van der Waals surface area contributed by atoms with Gasteiger partial charge in [0.2, 0.25) is 0 Å².